The third-order valence-electron chi connectivity index (χ3n) is 4.10. The number of amides is 3. The molecule has 7 heteroatoms. The van der Waals surface area contributed by atoms with E-state index in [2.05, 4.69) is 16.7 Å². The summed E-state index contributed by atoms with van der Waals surface area (Å²) in [5, 5.41) is 4.76. The van der Waals surface area contributed by atoms with Gasteiger partial charge in [0.25, 0.3) is 5.91 Å². The number of carbonyl (C=O) groups is 3. The molecule has 0 fully saturated rings. The maximum Gasteiger partial charge on any atom is 0.347 e. The van der Waals surface area contributed by atoms with E-state index in [0.717, 1.165) is 19.3 Å². The Kier molecular flexibility index (Phi) is 8.35. The number of para-hydroxylation sites is 1. The quantitative estimate of drug-likeness (QED) is 0.539. The molecule has 1 atom stereocenters. The zero-order valence-corrected chi connectivity index (χ0v) is 15.5. The van der Waals surface area contributed by atoms with Crippen molar-refractivity contribution in [3.05, 3.63) is 42.0 Å². The summed E-state index contributed by atoms with van der Waals surface area (Å²) < 4.78 is 10.3. The molecular weight excluding hydrogens is 348 g/mol. The van der Waals surface area contributed by atoms with Gasteiger partial charge in [0.15, 0.2) is 12.7 Å². The summed E-state index contributed by atoms with van der Waals surface area (Å²) in [6, 6.07) is 8.22. The van der Waals surface area contributed by atoms with Gasteiger partial charge in [-0.05, 0) is 51.2 Å². The van der Waals surface area contributed by atoms with Crippen molar-refractivity contribution < 1.29 is 23.9 Å². The van der Waals surface area contributed by atoms with E-state index < -0.39 is 30.6 Å². The molecule has 0 spiro atoms. The molecule has 146 valence electrons. The van der Waals surface area contributed by atoms with Crippen LogP contribution in [0.2, 0.25) is 0 Å². The summed E-state index contributed by atoms with van der Waals surface area (Å²) in [7, 11) is 0. The maximum atomic E-state index is 11.9. The van der Waals surface area contributed by atoms with Crippen LogP contribution in [0.5, 0.6) is 5.75 Å². The number of esters is 1. The fourth-order valence-corrected chi connectivity index (χ4v) is 2.68. The van der Waals surface area contributed by atoms with E-state index >= 15 is 0 Å². The van der Waals surface area contributed by atoms with Crippen LogP contribution in [0.15, 0.2) is 42.0 Å². The van der Waals surface area contributed by atoms with Crippen LogP contribution in [0.3, 0.4) is 0 Å². The van der Waals surface area contributed by atoms with Gasteiger partial charge in [0.05, 0.1) is 0 Å². The smallest absolute Gasteiger partial charge is 0.347 e. The number of rotatable bonds is 8. The SMILES string of the molecule is C[C@@H](Oc1ccccc1)C(=O)OCC(=O)NC(=O)NCCC1=CCCCC1. The number of urea groups is 1. The monoisotopic (exact) mass is 374 g/mol. The summed E-state index contributed by atoms with van der Waals surface area (Å²) in [5.41, 5.74) is 1.34. The highest BCUT2D eigenvalue weighted by molar-refractivity contribution is 5.95. The highest BCUT2D eigenvalue weighted by Crippen LogP contribution is 2.19. The first-order chi connectivity index (χ1) is 13.0. The predicted molar refractivity (Wildman–Crippen MR) is 100 cm³/mol. The molecule has 0 saturated carbocycles. The van der Waals surface area contributed by atoms with Crippen LogP contribution in [-0.2, 0) is 14.3 Å². The van der Waals surface area contributed by atoms with Gasteiger partial charge in [-0.15, -0.1) is 0 Å². The molecule has 0 aromatic heterocycles. The zero-order chi connectivity index (χ0) is 19.5. The van der Waals surface area contributed by atoms with Crippen molar-refractivity contribution in [1.29, 1.82) is 0 Å². The Morgan fingerprint density at radius 2 is 1.93 bits per heavy atom. The van der Waals surface area contributed by atoms with E-state index in [1.807, 2.05) is 6.07 Å². The lowest BCUT2D eigenvalue weighted by atomic mass is 9.97. The van der Waals surface area contributed by atoms with Gasteiger partial charge in [0.2, 0.25) is 0 Å². The molecule has 2 rings (SSSR count). The lowest BCUT2D eigenvalue weighted by molar-refractivity contribution is -0.154. The molecule has 7 nitrogen and oxygen atoms in total. The van der Waals surface area contributed by atoms with Crippen LogP contribution in [-0.4, -0.2) is 37.2 Å². The van der Waals surface area contributed by atoms with Gasteiger partial charge >= 0.3 is 12.0 Å². The Morgan fingerprint density at radius 3 is 2.63 bits per heavy atom. The summed E-state index contributed by atoms with van der Waals surface area (Å²) in [6.45, 7) is 1.45. The molecule has 0 bridgehead atoms. The minimum Gasteiger partial charge on any atom is -0.479 e. The number of hydrogen-bond acceptors (Lipinski definition) is 5. The molecule has 1 aliphatic carbocycles. The van der Waals surface area contributed by atoms with Gasteiger partial charge in [-0.25, -0.2) is 9.59 Å². The topological polar surface area (TPSA) is 93.7 Å². The highest BCUT2D eigenvalue weighted by Gasteiger charge is 2.18. The van der Waals surface area contributed by atoms with Crippen LogP contribution in [0.4, 0.5) is 4.79 Å². The van der Waals surface area contributed by atoms with Gasteiger partial charge in [0, 0.05) is 6.54 Å². The Labute approximate surface area is 159 Å². The van der Waals surface area contributed by atoms with Crippen molar-refractivity contribution in [2.75, 3.05) is 13.2 Å². The first kappa shape index (κ1) is 20.5. The van der Waals surface area contributed by atoms with Crippen LogP contribution in [0.1, 0.15) is 39.0 Å². The van der Waals surface area contributed by atoms with Gasteiger partial charge in [-0.3, -0.25) is 10.1 Å². The molecule has 0 radical (unpaired) electrons. The van der Waals surface area contributed by atoms with E-state index in [0.29, 0.717) is 12.3 Å². The van der Waals surface area contributed by atoms with E-state index in [1.54, 1.807) is 24.3 Å². The number of nitrogens with one attached hydrogen (secondary N) is 2. The average Bonchev–Trinajstić information content (AvgIpc) is 2.67. The maximum absolute atomic E-state index is 11.9. The molecule has 1 aromatic rings. The molecule has 0 saturated heterocycles. The standard InChI is InChI=1S/C20H26N2O5/c1-15(27-17-10-6-3-7-11-17)19(24)26-14-18(23)22-20(25)21-13-12-16-8-4-2-5-9-16/h3,6-8,10-11,15H,2,4-5,9,12-14H2,1H3,(H2,21,22,23,25)/t15-/m1/s1. The number of ether oxygens (including phenoxy) is 2. The van der Waals surface area contributed by atoms with E-state index in [9.17, 15) is 14.4 Å². The first-order valence-corrected chi connectivity index (χ1v) is 9.18. The van der Waals surface area contributed by atoms with Gasteiger partial charge in [0.1, 0.15) is 5.75 Å². The van der Waals surface area contributed by atoms with Gasteiger partial charge in [-0.2, -0.15) is 0 Å². The molecule has 2 N–H and O–H groups in total. The predicted octanol–water partition coefficient (Wildman–Crippen LogP) is 2.71. The van der Waals surface area contributed by atoms with E-state index in [1.165, 1.54) is 25.3 Å². The number of carbonyl (C=O) groups excluding carboxylic acids is 3. The van der Waals surface area contributed by atoms with E-state index in [-0.39, 0.29) is 0 Å². The molecule has 3 amide bonds. The molecule has 0 aliphatic heterocycles. The fourth-order valence-electron chi connectivity index (χ4n) is 2.68. The third kappa shape index (κ3) is 7.94. The number of imide groups is 1. The van der Waals surface area contributed by atoms with Crippen LogP contribution in [0, 0.1) is 0 Å². The summed E-state index contributed by atoms with van der Waals surface area (Å²) in [4.78, 5) is 35.2. The lowest BCUT2D eigenvalue weighted by Crippen LogP contribution is -2.42. The molecule has 1 aliphatic rings. The van der Waals surface area contributed by atoms with Crippen LogP contribution >= 0.6 is 0 Å². The zero-order valence-electron chi connectivity index (χ0n) is 15.5. The van der Waals surface area contributed by atoms with Crippen molar-refractivity contribution >= 4 is 17.9 Å². The highest BCUT2D eigenvalue weighted by atomic mass is 16.6. The Morgan fingerprint density at radius 1 is 1.15 bits per heavy atom. The molecule has 27 heavy (non-hydrogen) atoms. The van der Waals surface area contributed by atoms with Gasteiger partial charge in [-0.1, -0.05) is 29.8 Å². The van der Waals surface area contributed by atoms with Crippen molar-refractivity contribution in [2.24, 2.45) is 0 Å². The van der Waals surface area contributed by atoms with Crippen molar-refractivity contribution in [3.63, 3.8) is 0 Å². The molecule has 0 unspecified atom stereocenters. The second kappa shape index (κ2) is 11.0. The fraction of sp³-hybridized carbons (Fsp3) is 0.450. The minimum atomic E-state index is -0.863. The largest absolute Gasteiger partial charge is 0.479 e. The molecule has 0 heterocycles. The second-order valence-electron chi connectivity index (χ2n) is 6.34. The van der Waals surface area contributed by atoms with Crippen molar-refractivity contribution in [3.8, 4) is 5.75 Å². The normalized spacial score (nSPS) is 14.5. The first-order valence-electron chi connectivity index (χ1n) is 9.18. The molecule has 1 aromatic carbocycles. The Bertz CT molecular complexity index is 672. The summed E-state index contributed by atoms with van der Waals surface area (Å²) >= 11 is 0. The number of hydrogen-bond donors (Lipinski definition) is 2. The average molecular weight is 374 g/mol. The van der Waals surface area contributed by atoms with E-state index in [4.69, 9.17) is 9.47 Å². The molecular formula is C20H26N2O5. The van der Waals surface area contributed by atoms with Crippen molar-refractivity contribution in [2.45, 2.75) is 45.1 Å². The summed E-state index contributed by atoms with van der Waals surface area (Å²) in [5.74, 6) is -0.845. The lowest BCUT2D eigenvalue weighted by Gasteiger charge is -2.14. The van der Waals surface area contributed by atoms with Crippen LogP contribution in [0.25, 0.3) is 0 Å². The van der Waals surface area contributed by atoms with Gasteiger partial charge < -0.3 is 14.8 Å². The Balaban J connectivity index is 1.60. The minimum absolute atomic E-state index is 0.465. The second-order valence-corrected chi connectivity index (χ2v) is 6.34. The van der Waals surface area contributed by atoms with Crippen LogP contribution < -0.4 is 15.4 Å². The van der Waals surface area contributed by atoms with Crippen molar-refractivity contribution in [1.82, 2.24) is 10.6 Å². The third-order valence-corrected chi connectivity index (χ3v) is 4.10. The Hall–Kier alpha value is -2.83. The summed E-state index contributed by atoms with van der Waals surface area (Å²) in [6.07, 6.45) is 6.71. The number of benzene rings is 1. The number of allylic oxidation sites excluding steroid dienone is 1.